The quantitative estimate of drug-likeness (QED) is 0.761. The molecule has 0 unspecified atom stereocenters. The van der Waals surface area contributed by atoms with Crippen molar-refractivity contribution in [3.05, 3.63) is 47.8 Å². The molecular formula is C22H33N5O. The minimum Gasteiger partial charge on any atom is -0.497 e. The standard InChI is InChI=1S/C22H33N5O/c1-24-9-11-26(12-10-24)21-7-8-27(17-18-5-4-6-20(13-18)28-3)22(21)14-19-15-23-25(2)16-19/h4-6,13,15-16,21-22H,7-12,14,17H2,1-3H3/t21-,22+/m1/s1. The van der Waals surface area contributed by atoms with Crippen LogP contribution in [0.3, 0.4) is 0 Å². The molecule has 0 saturated carbocycles. The van der Waals surface area contributed by atoms with E-state index in [4.69, 9.17) is 4.74 Å². The minimum atomic E-state index is 0.527. The van der Waals surface area contributed by atoms with Gasteiger partial charge in [0.15, 0.2) is 0 Å². The molecule has 2 aliphatic rings. The molecule has 1 aromatic heterocycles. The molecule has 0 spiro atoms. The molecule has 0 radical (unpaired) electrons. The van der Waals surface area contributed by atoms with Crippen LogP contribution in [0.5, 0.6) is 5.75 Å². The van der Waals surface area contributed by atoms with Crippen LogP contribution in [0.1, 0.15) is 17.5 Å². The van der Waals surface area contributed by atoms with E-state index in [1.54, 1.807) is 7.11 Å². The number of piperazine rings is 1. The number of aryl methyl sites for hydroxylation is 1. The van der Waals surface area contributed by atoms with Gasteiger partial charge in [0.2, 0.25) is 0 Å². The van der Waals surface area contributed by atoms with Crippen molar-refractivity contribution in [2.24, 2.45) is 7.05 Å². The zero-order valence-electron chi connectivity index (χ0n) is 17.4. The Morgan fingerprint density at radius 3 is 2.61 bits per heavy atom. The zero-order valence-corrected chi connectivity index (χ0v) is 17.4. The summed E-state index contributed by atoms with van der Waals surface area (Å²) in [5, 5.41) is 4.40. The Bertz CT molecular complexity index is 768. The fraction of sp³-hybridized carbons (Fsp3) is 0.591. The van der Waals surface area contributed by atoms with Crippen molar-refractivity contribution in [3.8, 4) is 5.75 Å². The maximum atomic E-state index is 5.43. The van der Waals surface area contributed by atoms with Crippen LogP contribution in [-0.4, -0.2) is 83.4 Å². The Balaban J connectivity index is 1.52. The van der Waals surface area contributed by atoms with E-state index in [0.29, 0.717) is 12.1 Å². The van der Waals surface area contributed by atoms with Crippen LogP contribution in [0.2, 0.25) is 0 Å². The molecule has 28 heavy (non-hydrogen) atoms. The Kier molecular flexibility index (Phi) is 5.99. The molecule has 4 rings (SSSR count). The predicted molar refractivity (Wildman–Crippen MR) is 112 cm³/mol. The van der Waals surface area contributed by atoms with Gasteiger partial charge in [-0.1, -0.05) is 12.1 Å². The highest BCUT2D eigenvalue weighted by Crippen LogP contribution is 2.29. The van der Waals surface area contributed by atoms with E-state index in [0.717, 1.165) is 25.3 Å². The van der Waals surface area contributed by atoms with Gasteiger partial charge in [0.25, 0.3) is 0 Å². The van der Waals surface area contributed by atoms with Crippen LogP contribution in [0.4, 0.5) is 0 Å². The first-order chi connectivity index (χ1) is 13.6. The van der Waals surface area contributed by atoms with Gasteiger partial charge in [-0.15, -0.1) is 0 Å². The lowest BCUT2D eigenvalue weighted by molar-refractivity contribution is 0.0850. The van der Waals surface area contributed by atoms with Crippen LogP contribution in [0.25, 0.3) is 0 Å². The molecule has 0 bridgehead atoms. The van der Waals surface area contributed by atoms with Gasteiger partial charge < -0.3 is 9.64 Å². The number of likely N-dealkylation sites (tertiary alicyclic amines) is 1. The molecule has 0 aliphatic carbocycles. The molecular weight excluding hydrogens is 350 g/mol. The number of aromatic nitrogens is 2. The Morgan fingerprint density at radius 2 is 1.89 bits per heavy atom. The second-order valence-electron chi connectivity index (χ2n) is 8.31. The number of methoxy groups -OCH3 is 1. The largest absolute Gasteiger partial charge is 0.497 e. The van der Waals surface area contributed by atoms with Crippen LogP contribution >= 0.6 is 0 Å². The molecule has 3 heterocycles. The van der Waals surface area contributed by atoms with Crippen molar-refractivity contribution in [2.75, 3.05) is 46.9 Å². The van der Waals surface area contributed by atoms with Crippen LogP contribution in [-0.2, 0) is 20.0 Å². The van der Waals surface area contributed by atoms with Crippen LogP contribution in [0, 0.1) is 0 Å². The Labute approximate surface area is 168 Å². The van der Waals surface area contributed by atoms with Gasteiger partial charge in [0, 0.05) is 64.6 Å². The fourth-order valence-corrected chi connectivity index (χ4v) is 4.76. The van der Waals surface area contributed by atoms with Gasteiger partial charge in [-0.05, 0) is 43.1 Å². The lowest BCUT2D eigenvalue weighted by Crippen LogP contribution is -2.53. The van der Waals surface area contributed by atoms with E-state index < -0.39 is 0 Å². The highest BCUT2D eigenvalue weighted by molar-refractivity contribution is 5.28. The topological polar surface area (TPSA) is 36.8 Å². The van der Waals surface area contributed by atoms with Gasteiger partial charge in [-0.2, -0.15) is 5.10 Å². The number of hydrogen-bond donors (Lipinski definition) is 0. The van der Waals surface area contributed by atoms with Crippen molar-refractivity contribution >= 4 is 0 Å². The predicted octanol–water partition coefficient (Wildman–Crippen LogP) is 1.86. The number of nitrogens with zero attached hydrogens (tertiary/aromatic N) is 5. The normalized spacial score (nSPS) is 24.7. The van der Waals surface area contributed by atoms with Gasteiger partial charge in [0.05, 0.1) is 13.3 Å². The van der Waals surface area contributed by atoms with Crippen molar-refractivity contribution < 1.29 is 4.74 Å². The van der Waals surface area contributed by atoms with E-state index in [1.807, 2.05) is 24.0 Å². The highest BCUT2D eigenvalue weighted by Gasteiger charge is 2.38. The lowest BCUT2D eigenvalue weighted by Gasteiger charge is -2.40. The molecule has 2 fully saturated rings. The molecule has 2 aliphatic heterocycles. The van der Waals surface area contributed by atoms with Gasteiger partial charge >= 0.3 is 0 Å². The van der Waals surface area contributed by atoms with Gasteiger partial charge in [-0.25, -0.2) is 0 Å². The number of benzene rings is 1. The summed E-state index contributed by atoms with van der Waals surface area (Å²) in [6, 6.07) is 9.65. The summed E-state index contributed by atoms with van der Waals surface area (Å²) < 4.78 is 7.35. The molecule has 6 nitrogen and oxygen atoms in total. The third-order valence-corrected chi connectivity index (χ3v) is 6.36. The number of hydrogen-bond acceptors (Lipinski definition) is 5. The van der Waals surface area contributed by atoms with Crippen molar-refractivity contribution in [1.82, 2.24) is 24.5 Å². The molecule has 1 aromatic carbocycles. The van der Waals surface area contributed by atoms with Crippen LogP contribution < -0.4 is 4.74 Å². The smallest absolute Gasteiger partial charge is 0.119 e. The van der Waals surface area contributed by atoms with Gasteiger partial charge in [-0.3, -0.25) is 14.5 Å². The SMILES string of the molecule is COc1cccc(CN2CC[C@@H](N3CCN(C)CC3)[C@@H]2Cc2cnn(C)c2)c1. The summed E-state index contributed by atoms with van der Waals surface area (Å²) >= 11 is 0. The first kappa shape index (κ1) is 19.4. The number of likely N-dealkylation sites (N-methyl/N-ethyl adjacent to an activating group) is 1. The molecule has 2 atom stereocenters. The minimum absolute atomic E-state index is 0.527. The van der Waals surface area contributed by atoms with Crippen molar-refractivity contribution in [2.45, 2.75) is 31.5 Å². The highest BCUT2D eigenvalue weighted by atomic mass is 16.5. The summed E-state index contributed by atoms with van der Waals surface area (Å²) in [6.07, 6.45) is 6.51. The maximum Gasteiger partial charge on any atom is 0.119 e. The molecule has 0 amide bonds. The molecule has 2 saturated heterocycles. The Morgan fingerprint density at radius 1 is 1.07 bits per heavy atom. The third-order valence-electron chi connectivity index (χ3n) is 6.36. The first-order valence-electron chi connectivity index (χ1n) is 10.4. The second kappa shape index (κ2) is 8.64. The number of ether oxygens (including phenoxy) is 1. The fourth-order valence-electron chi connectivity index (χ4n) is 4.76. The van der Waals surface area contributed by atoms with Crippen molar-refractivity contribution in [3.63, 3.8) is 0 Å². The number of rotatable bonds is 6. The molecule has 0 N–H and O–H groups in total. The summed E-state index contributed by atoms with van der Waals surface area (Å²) in [7, 11) is 5.97. The van der Waals surface area contributed by atoms with E-state index in [2.05, 4.69) is 51.2 Å². The third kappa shape index (κ3) is 4.40. The van der Waals surface area contributed by atoms with Gasteiger partial charge in [0.1, 0.15) is 5.75 Å². The van der Waals surface area contributed by atoms with E-state index in [1.165, 1.54) is 43.7 Å². The van der Waals surface area contributed by atoms with E-state index in [-0.39, 0.29) is 0 Å². The van der Waals surface area contributed by atoms with E-state index in [9.17, 15) is 0 Å². The zero-order chi connectivity index (χ0) is 19.5. The lowest BCUT2D eigenvalue weighted by atomic mass is 9.99. The van der Waals surface area contributed by atoms with Crippen LogP contribution in [0.15, 0.2) is 36.7 Å². The second-order valence-corrected chi connectivity index (χ2v) is 8.31. The average molecular weight is 384 g/mol. The average Bonchev–Trinajstić information content (AvgIpc) is 3.29. The molecule has 6 heteroatoms. The summed E-state index contributed by atoms with van der Waals surface area (Å²) in [6.45, 7) is 6.83. The van der Waals surface area contributed by atoms with Crippen molar-refractivity contribution in [1.29, 1.82) is 0 Å². The maximum absolute atomic E-state index is 5.43. The summed E-state index contributed by atoms with van der Waals surface area (Å²) in [5.74, 6) is 0.941. The summed E-state index contributed by atoms with van der Waals surface area (Å²) in [5.41, 5.74) is 2.67. The Hall–Kier alpha value is -1.89. The van der Waals surface area contributed by atoms with E-state index >= 15 is 0 Å². The first-order valence-corrected chi connectivity index (χ1v) is 10.4. The molecule has 152 valence electrons. The molecule has 2 aromatic rings. The monoisotopic (exact) mass is 383 g/mol. The summed E-state index contributed by atoms with van der Waals surface area (Å²) in [4.78, 5) is 7.84.